The molecule has 1 aliphatic carbocycles. The molecule has 3 aliphatic rings. The number of fused-ring (bicyclic) bond motifs is 1. The van der Waals surface area contributed by atoms with Crippen LogP contribution >= 0.6 is 0 Å². The monoisotopic (exact) mass is 339 g/mol. The van der Waals surface area contributed by atoms with Gasteiger partial charge in [0.15, 0.2) is 5.70 Å². The molecule has 0 aromatic carbocycles. The number of nitrogens with zero attached hydrogens (tertiary/aromatic N) is 4. The van der Waals surface area contributed by atoms with Crippen molar-refractivity contribution < 1.29 is 18.0 Å². The summed E-state index contributed by atoms with van der Waals surface area (Å²) < 4.78 is 38.0. The lowest BCUT2D eigenvalue weighted by molar-refractivity contribution is -0.145. The molecule has 2 heterocycles. The van der Waals surface area contributed by atoms with Crippen LogP contribution in [0.5, 0.6) is 0 Å². The number of allylic oxidation sites excluding steroid dienone is 3. The van der Waals surface area contributed by atoms with E-state index in [2.05, 4.69) is 15.3 Å². The number of halogens is 3. The lowest BCUT2D eigenvalue weighted by Gasteiger charge is -2.24. The third-order valence-corrected chi connectivity index (χ3v) is 3.96. The third-order valence-electron chi connectivity index (χ3n) is 3.96. The first-order valence-electron chi connectivity index (χ1n) is 7.36. The van der Waals surface area contributed by atoms with Crippen LogP contribution in [0.15, 0.2) is 50.0 Å². The summed E-state index contributed by atoms with van der Waals surface area (Å²) in [6.07, 6.45) is -0.200. The average molecular weight is 339 g/mol. The van der Waals surface area contributed by atoms with E-state index in [-0.39, 0.29) is 12.2 Å². The zero-order valence-electron chi connectivity index (χ0n) is 13.2. The minimum Gasteiger partial charge on any atom is -0.364 e. The van der Waals surface area contributed by atoms with Gasteiger partial charge in [-0.05, 0) is 6.42 Å². The van der Waals surface area contributed by atoms with Crippen molar-refractivity contribution in [2.75, 3.05) is 13.1 Å². The molecule has 0 bridgehead atoms. The number of hydrazone groups is 1. The lowest BCUT2D eigenvalue weighted by atomic mass is 9.79. The lowest BCUT2D eigenvalue weighted by Crippen LogP contribution is -2.33. The first-order chi connectivity index (χ1) is 11.1. The first kappa shape index (κ1) is 16.4. The Labute approximate surface area is 136 Å². The van der Waals surface area contributed by atoms with Gasteiger partial charge in [-0.15, -0.1) is 10.2 Å². The molecule has 9 heteroatoms. The first-order valence-corrected chi connectivity index (χ1v) is 7.36. The van der Waals surface area contributed by atoms with Crippen LogP contribution < -0.4 is 5.73 Å². The number of carbonyl (C=O) groups excluding carboxylic acids is 1. The molecular weight excluding hydrogens is 323 g/mol. The fourth-order valence-electron chi connectivity index (χ4n) is 3.07. The zero-order chi connectivity index (χ0) is 17.7. The summed E-state index contributed by atoms with van der Waals surface area (Å²) in [5.41, 5.74) is 6.77. The van der Waals surface area contributed by atoms with Gasteiger partial charge in [-0.3, -0.25) is 9.80 Å². The molecule has 0 radical (unpaired) electrons. The summed E-state index contributed by atoms with van der Waals surface area (Å²) in [6.45, 7) is 2.64. The molecule has 0 aromatic rings. The maximum absolute atomic E-state index is 12.7. The van der Waals surface area contributed by atoms with E-state index < -0.39 is 24.0 Å². The second-order valence-corrected chi connectivity index (χ2v) is 6.50. The van der Waals surface area contributed by atoms with Crippen molar-refractivity contribution in [2.45, 2.75) is 26.4 Å². The second-order valence-electron chi connectivity index (χ2n) is 6.50. The van der Waals surface area contributed by atoms with Crippen LogP contribution in [0.3, 0.4) is 0 Å². The Bertz CT molecular complexity index is 756. The Morgan fingerprint density at radius 2 is 2.04 bits per heavy atom. The number of nitrogens with two attached hydrogens (primary N) is 1. The van der Waals surface area contributed by atoms with Crippen molar-refractivity contribution >= 4 is 11.6 Å². The smallest absolute Gasteiger partial charge is 0.364 e. The molecule has 0 aromatic heterocycles. The van der Waals surface area contributed by atoms with Crippen LogP contribution in [-0.4, -0.2) is 35.9 Å². The molecular formula is C15H16F3N5O. The molecule has 24 heavy (non-hydrogen) atoms. The highest BCUT2D eigenvalue weighted by Gasteiger charge is 2.43. The molecule has 0 saturated heterocycles. The van der Waals surface area contributed by atoms with Crippen molar-refractivity contribution in [3.63, 3.8) is 0 Å². The molecule has 2 N–H and O–H groups in total. The van der Waals surface area contributed by atoms with Crippen molar-refractivity contribution in [3.05, 3.63) is 34.7 Å². The minimum atomic E-state index is -4.34. The highest BCUT2D eigenvalue weighted by Crippen LogP contribution is 2.41. The Kier molecular flexibility index (Phi) is 3.61. The largest absolute Gasteiger partial charge is 0.407 e. The number of hydrogen-bond acceptors (Lipinski definition) is 5. The van der Waals surface area contributed by atoms with Gasteiger partial charge in [-0.1, -0.05) is 26.0 Å². The molecule has 0 saturated carbocycles. The van der Waals surface area contributed by atoms with E-state index in [1.54, 1.807) is 6.08 Å². The van der Waals surface area contributed by atoms with Gasteiger partial charge in [0.1, 0.15) is 6.54 Å². The number of alkyl halides is 3. The molecule has 0 fully saturated rings. The van der Waals surface area contributed by atoms with Crippen LogP contribution in [0.1, 0.15) is 20.3 Å². The molecule has 128 valence electrons. The topological polar surface area (TPSA) is 83.4 Å². The highest BCUT2D eigenvalue weighted by molar-refractivity contribution is 6.11. The van der Waals surface area contributed by atoms with Gasteiger partial charge in [-0.25, -0.2) is 0 Å². The highest BCUT2D eigenvalue weighted by atomic mass is 19.4. The standard InChI is InChI=1S/C15H16F3N5O/c1-14(2)6-23(7-15(16,17)18)22-12(14)8-4-3-5-9-10(8)11(13(19)24)21-20-9/h4-5H,3,6-7H2,1-2H3,(H2,19,24). The number of primary amides is 1. The van der Waals surface area contributed by atoms with Crippen LogP contribution in [0.25, 0.3) is 0 Å². The summed E-state index contributed by atoms with van der Waals surface area (Å²) in [6, 6.07) is 0. The van der Waals surface area contributed by atoms with E-state index in [1.807, 2.05) is 19.9 Å². The van der Waals surface area contributed by atoms with Gasteiger partial charge in [0.05, 0.1) is 11.4 Å². The Hall–Kier alpha value is -2.45. The summed E-state index contributed by atoms with van der Waals surface area (Å²) >= 11 is 0. The van der Waals surface area contributed by atoms with Gasteiger partial charge >= 0.3 is 6.18 Å². The number of hydrogen-bond donors (Lipinski definition) is 1. The Morgan fingerprint density at radius 1 is 1.33 bits per heavy atom. The van der Waals surface area contributed by atoms with Crippen LogP contribution in [-0.2, 0) is 4.79 Å². The van der Waals surface area contributed by atoms with E-state index in [4.69, 9.17) is 5.73 Å². The average Bonchev–Trinajstić information content (AvgIpc) is 2.97. The summed E-state index contributed by atoms with van der Waals surface area (Å²) in [5, 5.41) is 12.9. The molecule has 0 spiro atoms. The molecule has 2 aliphatic heterocycles. The van der Waals surface area contributed by atoms with Gasteiger partial charge in [0.25, 0.3) is 5.91 Å². The minimum absolute atomic E-state index is 0.0139. The van der Waals surface area contributed by atoms with E-state index in [0.29, 0.717) is 29.0 Å². The van der Waals surface area contributed by atoms with Crippen LogP contribution in [0, 0.1) is 5.41 Å². The fraction of sp³-hybridized carbons (Fsp3) is 0.467. The predicted octanol–water partition coefficient (Wildman–Crippen LogP) is 2.67. The summed E-state index contributed by atoms with van der Waals surface area (Å²) in [4.78, 5) is 11.6. The van der Waals surface area contributed by atoms with Crippen molar-refractivity contribution in [2.24, 2.45) is 26.5 Å². The fourth-order valence-corrected chi connectivity index (χ4v) is 3.07. The maximum Gasteiger partial charge on any atom is 0.407 e. The second kappa shape index (κ2) is 5.29. The van der Waals surface area contributed by atoms with Gasteiger partial charge in [0.2, 0.25) is 0 Å². The number of azo groups is 1. The molecule has 0 atom stereocenters. The van der Waals surface area contributed by atoms with Crippen molar-refractivity contribution in [1.82, 2.24) is 5.01 Å². The van der Waals surface area contributed by atoms with Crippen molar-refractivity contribution in [1.29, 1.82) is 0 Å². The number of rotatable bonds is 3. The van der Waals surface area contributed by atoms with Crippen molar-refractivity contribution in [3.8, 4) is 0 Å². The summed E-state index contributed by atoms with van der Waals surface area (Å²) in [7, 11) is 0. The van der Waals surface area contributed by atoms with E-state index in [9.17, 15) is 18.0 Å². The molecule has 0 unspecified atom stereocenters. The normalized spacial score (nSPS) is 22.4. The molecule has 3 rings (SSSR count). The molecule has 6 nitrogen and oxygen atoms in total. The van der Waals surface area contributed by atoms with E-state index in [1.165, 1.54) is 0 Å². The zero-order valence-corrected chi connectivity index (χ0v) is 13.2. The van der Waals surface area contributed by atoms with Crippen LogP contribution in [0.4, 0.5) is 13.2 Å². The molecule has 1 amide bonds. The Morgan fingerprint density at radius 3 is 2.67 bits per heavy atom. The van der Waals surface area contributed by atoms with Gasteiger partial charge < -0.3 is 5.73 Å². The SMILES string of the molecule is CC1(C)CN(CC(F)(F)F)N=C1C1=CCC=C2N=NC(C(N)=O)=C21. The van der Waals surface area contributed by atoms with E-state index >= 15 is 0 Å². The van der Waals surface area contributed by atoms with Gasteiger partial charge in [0, 0.05) is 23.1 Å². The number of carbonyl (C=O) groups is 1. The number of amides is 1. The van der Waals surface area contributed by atoms with E-state index in [0.717, 1.165) is 5.01 Å². The third kappa shape index (κ3) is 2.85. The van der Waals surface area contributed by atoms with Gasteiger partial charge in [-0.2, -0.15) is 18.3 Å². The van der Waals surface area contributed by atoms with Crippen LogP contribution in [0.2, 0.25) is 0 Å². The summed E-state index contributed by atoms with van der Waals surface area (Å²) in [5.74, 6) is -0.728. The predicted molar refractivity (Wildman–Crippen MR) is 80.7 cm³/mol. The maximum atomic E-state index is 12.7. The Balaban J connectivity index is 2.01. The quantitative estimate of drug-likeness (QED) is 0.857.